The summed E-state index contributed by atoms with van der Waals surface area (Å²) in [4.78, 5) is 5.65. The molecule has 0 saturated carbocycles. The molecule has 0 radical (unpaired) electrons. The smallest absolute Gasteiger partial charge is 0.0725 e. The van der Waals surface area contributed by atoms with E-state index in [2.05, 4.69) is 67.9 Å². The van der Waals surface area contributed by atoms with Crippen molar-refractivity contribution in [1.82, 2.24) is 0 Å². The van der Waals surface area contributed by atoms with Crippen LogP contribution in [0.25, 0.3) is 10.8 Å². The summed E-state index contributed by atoms with van der Waals surface area (Å²) < 4.78 is 6.99. The number of halogens is 2. The molecule has 2 aromatic rings. The number of rotatable bonds is 3. The van der Waals surface area contributed by atoms with E-state index < -0.39 is 0 Å². The summed E-state index contributed by atoms with van der Waals surface area (Å²) in [5.74, 6) is 0. The molecule has 0 aromatic heterocycles. The van der Waals surface area contributed by atoms with Crippen LogP contribution in [0.1, 0.15) is 5.56 Å². The van der Waals surface area contributed by atoms with Gasteiger partial charge in [0.2, 0.25) is 0 Å². The first-order chi connectivity index (χ1) is 8.11. The Balaban J connectivity index is 2.51. The summed E-state index contributed by atoms with van der Waals surface area (Å²) in [6, 6.07) is 8.40. The Kier molecular flexibility index (Phi) is 4.49. The maximum absolute atomic E-state index is 4.90. The Morgan fingerprint density at radius 2 is 1.59 bits per heavy atom. The second-order valence-corrected chi connectivity index (χ2v) is 6.00. The Hall–Kier alpha value is -0.0700. The molecule has 0 fully saturated rings. The van der Waals surface area contributed by atoms with Crippen LogP contribution in [0.2, 0.25) is 0 Å². The van der Waals surface area contributed by atoms with Gasteiger partial charge >= 0.3 is 0 Å². The van der Waals surface area contributed by atoms with E-state index in [1.807, 2.05) is 0 Å². The molecule has 17 heavy (non-hydrogen) atoms. The van der Waals surface area contributed by atoms with Crippen molar-refractivity contribution < 1.29 is 9.22 Å². The average molecular weight is 378 g/mol. The molecule has 0 heterocycles. The van der Waals surface area contributed by atoms with E-state index in [0.29, 0.717) is 0 Å². The third-order valence-corrected chi connectivity index (χ3v) is 5.03. The normalized spacial score (nSPS) is 11.1. The zero-order valence-corrected chi connectivity index (χ0v) is 13.3. The topological polar surface area (TPSA) is 18.5 Å². The van der Waals surface area contributed by atoms with E-state index in [1.165, 1.54) is 24.5 Å². The summed E-state index contributed by atoms with van der Waals surface area (Å²) >= 11 is 8.23. The monoisotopic (exact) mass is 376 g/mol. The van der Waals surface area contributed by atoms with Crippen molar-refractivity contribution in [1.29, 1.82) is 0 Å². The van der Waals surface area contributed by atoms with Gasteiger partial charge in [0.25, 0.3) is 0 Å². The zero-order valence-electron chi connectivity index (χ0n) is 9.29. The lowest BCUT2D eigenvalue weighted by atomic mass is 10.1. The van der Waals surface area contributed by atoms with Crippen LogP contribution in [0.3, 0.4) is 0 Å². The number of hydrogen-bond acceptors (Lipinski definition) is 3. The highest BCUT2D eigenvalue weighted by atomic mass is 79.9. The van der Waals surface area contributed by atoms with Gasteiger partial charge in [0.15, 0.2) is 0 Å². The van der Waals surface area contributed by atoms with Crippen LogP contribution in [0.15, 0.2) is 38.1 Å². The standard InChI is InChI=1S/C12H10Br2O2S/c1-7-3-8-4-10(13)11(14)5-9(8)6-12(7)17-16-15-2/h3-6H,1-2H3. The average Bonchev–Trinajstić information content (AvgIpc) is 2.29. The molecule has 0 amide bonds. The predicted molar refractivity (Wildman–Crippen MR) is 78.0 cm³/mol. The minimum absolute atomic E-state index is 1.04. The first-order valence-corrected chi connectivity index (χ1v) is 7.21. The number of fused-ring (bicyclic) bond motifs is 1. The fourth-order valence-electron chi connectivity index (χ4n) is 1.55. The first kappa shape index (κ1) is 13.4. The molecule has 2 aromatic carbocycles. The van der Waals surface area contributed by atoms with Crippen LogP contribution in [0.4, 0.5) is 0 Å². The van der Waals surface area contributed by atoms with Crippen LogP contribution < -0.4 is 0 Å². The van der Waals surface area contributed by atoms with E-state index in [9.17, 15) is 0 Å². The molecule has 0 aliphatic rings. The van der Waals surface area contributed by atoms with Gasteiger partial charge in [-0.1, -0.05) is 6.07 Å². The van der Waals surface area contributed by atoms with Crippen molar-refractivity contribution in [2.24, 2.45) is 0 Å². The van der Waals surface area contributed by atoms with Crippen molar-refractivity contribution in [3.05, 3.63) is 38.8 Å². The van der Waals surface area contributed by atoms with Crippen LogP contribution in [-0.4, -0.2) is 7.11 Å². The molecule has 0 saturated heterocycles. The molecule has 0 aliphatic carbocycles. The molecule has 90 valence electrons. The van der Waals surface area contributed by atoms with E-state index in [4.69, 9.17) is 4.33 Å². The van der Waals surface area contributed by atoms with Gasteiger partial charge < -0.3 is 0 Å². The summed E-state index contributed by atoms with van der Waals surface area (Å²) in [6.45, 7) is 2.05. The summed E-state index contributed by atoms with van der Waals surface area (Å²) in [7, 11) is 1.50. The minimum Gasteiger partial charge on any atom is -0.227 e. The second-order valence-electron chi connectivity index (χ2n) is 3.55. The van der Waals surface area contributed by atoms with E-state index in [1.54, 1.807) is 0 Å². The Morgan fingerprint density at radius 3 is 2.18 bits per heavy atom. The maximum atomic E-state index is 4.90. The summed E-state index contributed by atoms with van der Waals surface area (Å²) in [5, 5.41) is 2.35. The van der Waals surface area contributed by atoms with Gasteiger partial charge in [0, 0.05) is 13.8 Å². The van der Waals surface area contributed by atoms with Crippen molar-refractivity contribution in [2.45, 2.75) is 11.8 Å². The van der Waals surface area contributed by atoms with Gasteiger partial charge in [-0.2, -0.15) is 4.33 Å². The van der Waals surface area contributed by atoms with Crippen LogP contribution in [-0.2, 0) is 9.22 Å². The van der Waals surface area contributed by atoms with Gasteiger partial charge in [-0.15, -0.1) is 0 Å². The fraction of sp³-hybridized carbons (Fsp3) is 0.167. The zero-order chi connectivity index (χ0) is 12.4. The van der Waals surface area contributed by atoms with E-state index >= 15 is 0 Å². The van der Waals surface area contributed by atoms with Gasteiger partial charge in [-0.25, -0.2) is 4.89 Å². The van der Waals surface area contributed by atoms with Crippen molar-refractivity contribution in [2.75, 3.05) is 7.11 Å². The molecular formula is C12H10Br2O2S. The van der Waals surface area contributed by atoms with Gasteiger partial charge in [-0.3, -0.25) is 0 Å². The first-order valence-electron chi connectivity index (χ1n) is 4.88. The third kappa shape index (κ3) is 3.03. The molecule has 0 spiro atoms. The SMILES string of the molecule is COOSc1cc2cc(Br)c(Br)cc2cc1C. The highest BCUT2D eigenvalue weighted by molar-refractivity contribution is 9.13. The molecule has 0 atom stereocenters. The lowest BCUT2D eigenvalue weighted by molar-refractivity contribution is -0.160. The second kappa shape index (κ2) is 5.71. The molecule has 0 bridgehead atoms. The van der Waals surface area contributed by atoms with Gasteiger partial charge in [-0.05, 0) is 73.3 Å². The van der Waals surface area contributed by atoms with Gasteiger partial charge in [0.05, 0.1) is 19.2 Å². The van der Waals surface area contributed by atoms with Crippen LogP contribution in [0.5, 0.6) is 0 Å². The Bertz CT molecular complexity index is 558. The van der Waals surface area contributed by atoms with E-state index in [0.717, 1.165) is 24.8 Å². The van der Waals surface area contributed by atoms with Crippen molar-refractivity contribution >= 4 is 54.7 Å². The summed E-state index contributed by atoms with van der Waals surface area (Å²) in [6.07, 6.45) is 0. The highest BCUT2D eigenvalue weighted by Crippen LogP contribution is 2.33. The predicted octanol–water partition coefficient (Wildman–Crippen LogP) is 5.26. The van der Waals surface area contributed by atoms with Gasteiger partial charge in [0.1, 0.15) is 0 Å². The van der Waals surface area contributed by atoms with Crippen LogP contribution >= 0.6 is 43.9 Å². The fourth-order valence-corrected chi connectivity index (χ4v) is 2.78. The van der Waals surface area contributed by atoms with E-state index in [-0.39, 0.29) is 0 Å². The van der Waals surface area contributed by atoms with Crippen LogP contribution in [0, 0.1) is 6.92 Å². The number of hydrogen-bond donors (Lipinski definition) is 0. The molecule has 0 unspecified atom stereocenters. The molecule has 2 rings (SSSR count). The largest absolute Gasteiger partial charge is 0.227 e. The number of benzene rings is 2. The molecule has 2 nitrogen and oxygen atoms in total. The lowest BCUT2D eigenvalue weighted by Crippen LogP contribution is -1.85. The highest BCUT2D eigenvalue weighted by Gasteiger charge is 2.06. The maximum Gasteiger partial charge on any atom is 0.0725 e. The minimum atomic E-state index is 1.04. The number of aryl methyl sites for hydroxylation is 1. The Labute approximate surface area is 121 Å². The molecule has 0 aliphatic heterocycles. The Morgan fingerprint density at radius 1 is 1.00 bits per heavy atom. The molecule has 0 N–H and O–H groups in total. The molecule has 5 heteroatoms. The van der Waals surface area contributed by atoms with Crippen molar-refractivity contribution in [3.8, 4) is 0 Å². The summed E-state index contributed by atoms with van der Waals surface area (Å²) in [5.41, 5.74) is 1.16. The third-order valence-electron chi connectivity index (χ3n) is 2.37. The molecular weight excluding hydrogens is 368 g/mol. The van der Waals surface area contributed by atoms with Crippen molar-refractivity contribution in [3.63, 3.8) is 0 Å². The quantitative estimate of drug-likeness (QED) is 0.413. The lowest BCUT2D eigenvalue weighted by Gasteiger charge is -2.07.